The minimum Gasteiger partial charge on any atom is -0.455 e. The third-order valence-corrected chi connectivity index (χ3v) is 5.04. The average Bonchev–Trinajstić information content (AvgIpc) is 3.13. The fraction of sp³-hybridized carbons (Fsp3) is 0.286. The Labute approximate surface area is 173 Å². The van der Waals surface area contributed by atoms with E-state index in [-0.39, 0.29) is 18.3 Å². The van der Waals surface area contributed by atoms with E-state index >= 15 is 0 Å². The molecule has 0 aliphatic carbocycles. The quantitative estimate of drug-likeness (QED) is 0.415. The first-order valence-electron chi connectivity index (χ1n) is 9.06. The first kappa shape index (κ1) is 20.7. The lowest BCUT2D eigenvalue weighted by molar-refractivity contribution is -0.149. The van der Waals surface area contributed by atoms with Gasteiger partial charge in [0.05, 0.1) is 0 Å². The number of anilines is 1. The molecule has 3 aromatic rings. The van der Waals surface area contributed by atoms with Gasteiger partial charge in [0.1, 0.15) is 11.3 Å². The van der Waals surface area contributed by atoms with Gasteiger partial charge in [-0.3, -0.25) is 9.59 Å². The summed E-state index contributed by atoms with van der Waals surface area (Å²) < 4.78 is 10.6. The lowest BCUT2D eigenvalue weighted by Crippen LogP contribution is -2.31. The fourth-order valence-electron chi connectivity index (χ4n) is 2.59. The molecule has 3 rings (SSSR count). The van der Waals surface area contributed by atoms with Crippen LogP contribution in [0.1, 0.15) is 5.56 Å². The summed E-state index contributed by atoms with van der Waals surface area (Å²) >= 11 is 1.14. The van der Waals surface area contributed by atoms with Crippen LogP contribution >= 0.6 is 11.8 Å². The highest BCUT2D eigenvalue weighted by atomic mass is 32.2. The van der Waals surface area contributed by atoms with Gasteiger partial charge in [0, 0.05) is 33.4 Å². The molecule has 0 saturated carbocycles. The largest absolute Gasteiger partial charge is 0.455 e. The van der Waals surface area contributed by atoms with E-state index in [4.69, 9.17) is 9.15 Å². The summed E-state index contributed by atoms with van der Waals surface area (Å²) in [6.07, 6.45) is 0. The van der Waals surface area contributed by atoms with Gasteiger partial charge in [-0.2, -0.15) is 0 Å². The van der Waals surface area contributed by atoms with Crippen LogP contribution in [0.15, 0.2) is 58.2 Å². The van der Waals surface area contributed by atoms with Crippen molar-refractivity contribution >= 4 is 40.4 Å². The van der Waals surface area contributed by atoms with E-state index in [9.17, 15) is 9.59 Å². The number of amides is 1. The minimum atomic E-state index is -0.491. The molecule has 0 bridgehead atoms. The Balaban J connectivity index is 1.42. The maximum absolute atomic E-state index is 12.2. The molecule has 152 valence electrons. The van der Waals surface area contributed by atoms with Crippen molar-refractivity contribution in [2.75, 3.05) is 38.4 Å². The number of fused-ring (bicyclic) bond motifs is 1. The van der Waals surface area contributed by atoms with Gasteiger partial charge >= 0.3 is 5.97 Å². The summed E-state index contributed by atoms with van der Waals surface area (Å²) in [6.45, 7) is 0.154. The van der Waals surface area contributed by atoms with Gasteiger partial charge in [-0.05, 0) is 29.8 Å². The summed E-state index contributed by atoms with van der Waals surface area (Å²) in [6, 6.07) is 15.3. The van der Waals surface area contributed by atoms with Gasteiger partial charge in [0.15, 0.2) is 12.2 Å². The second-order valence-corrected chi connectivity index (χ2v) is 7.63. The number of esters is 1. The van der Waals surface area contributed by atoms with Gasteiger partial charge < -0.3 is 19.0 Å². The number of ether oxygens (including phenoxy) is 1. The maximum Gasteiger partial charge on any atom is 0.316 e. The third-order valence-electron chi connectivity index (χ3n) is 4.24. The molecule has 0 aliphatic rings. The normalized spacial score (nSPS) is 10.7. The van der Waals surface area contributed by atoms with Crippen LogP contribution < -0.4 is 4.90 Å². The van der Waals surface area contributed by atoms with Gasteiger partial charge in [0.25, 0.3) is 11.1 Å². The zero-order valence-corrected chi connectivity index (χ0v) is 17.4. The molecule has 0 radical (unpaired) electrons. The number of benzene rings is 2. The second kappa shape index (κ2) is 9.47. The Bertz CT molecular complexity index is 952. The topological polar surface area (TPSA) is 75.9 Å². The van der Waals surface area contributed by atoms with Crippen molar-refractivity contribution in [1.82, 2.24) is 9.88 Å². The van der Waals surface area contributed by atoms with Crippen molar-refractivity contribution in [2.45, 2.75) is 11.8 Å². The number of likely N-dealkylation sites (N-methyl/N-ethyl adjacent to an activating group) is 1. The van der Waals surface area contributed by atoms with Crippen LogP contribution in [0.25, 0.3) is 11.1 Å². The molecule has 29 heavy (non-hydrogen) atoms. The van der Waals surface area contributed by atoms with E-state index in [1.807, 2.05) is 67.5 Å². The molecule has 1 amide bonds. The van der Waals surface area contributed by atoms with Crippen LogP contribution in [0.2, 0.25) is 0 Å². The molecule has 7 nitrogen and oxygen atoms in total. The van der Waals surface area contributed by atoms with Crippen molar-refractivity contribution in [3.8, 4) is 0 Å². The zero-order chi connectivity index (χ0) is 20.8. The molecule has 0 aliphatic heterocycles. The highest BCUT2D eigenvalue weighted by molar-refractivity contribution is 7.99. The Kier molecular flexibility index (Phi) is 6.77. The standard InChI is InChI=1S/C21H23N3O4S/c1-23(2)16-10-8-15(9-11-16)12-24(3)19(25)13-27-20(26)14-29-21-22-17-6-4-5-7-18(17)28-21/h4-11H,12-14H2,1-3H3. The number of thioether (sulfide) groups is 1. The van der Waals surface area contributed by atoms with Gasteiger partial charge in [-0.1, -0.05) is 36.0 Å². The Morgan fingerprint density at radius 3 is 2.48 bits per heavy atom. The molecule has 0 N–H and O–H groups in total. The van der Waals surface area contributed by atoms with Crippen molar-refractivity contribution in [2.24, 2.45) is 0 Å². The number of hydrogen-bond donors (Lipinski definition) is 0. The highest BCUT2D eigenvalue weighted by Gasteiger charge is 2.14. The van der Waals surface area contributed by atoms with E-state index < -0.39 is 5.97 Å². The molecular formula is C21H23N3O4S. The van der Waals surface area contributed by atoms with Crippen LogP contribution in [0.3, 0.4) is 0 Å². The lowest BCUT2D eigenvalue weighted by atomic mass is 10.2. The van der Waals surface area contributed by atoms with Gasteiger partial charge in [-0.25, -0.2) is 4.98 Å². The molecule has 0 spiro atoms. The third kappa shape index (κ3) is 5.74. The van der Waals surface area contributed by atoms with Crippen LogP contribution in [-0.2, 0) is 20.9 Å². The summed E-state index contributed by atoms with van der Waals surface area (Å²) in [5, 5.41) is 0.396. The predicted molar refractivity (Wildman–Crippen MR) is 113 cm³/mol. The SMILES string of the molecule is CN(Cc1ccc(N(C)C)cc1)C(=O)COC(=O)CSc1nc2ccccc2o1. The van der Waals surface area contributed by atoms with Crippen LogP contribution in [0.4, 0.5) is 5.69 Å². The zero-order valence-electron chi connectivity index (χ0n) is 16.6. The molecular weight excluding hydrogens is 390 g/mol. The summed E-state index contributed by atoms with van der Waals surface area (Å²) in [7, 11) is 5.63. The maximum atomic E-state index is 12.2. The molecule has 8 heteroatoms. The van der Waals surface area contributed by atoms with Gasteiger partial charge in [-0.15, -0.1) is 0 Å². The first-order chi connectivity index (χ1) is 13.9. The molecule has 0 unspecified atom stereocenters. The van der Waals surface area contributed by atoms with Crippen LogP contribution in [-0.4, -0.2) is 55.3 Å². The Hall–Kier alpha value is -3.00. The molecule has 0 fully saturated rings. The highest BCUT2D eigenvalue weighted by Crippen LogP contribution is 2.23. The van der Waals surface area contributed by atoms with Gasteiger partial charge in [0.2, 0.25) is 0 Å². The number of rotatable bonds is 8. The molecule has 1 heterocycles. The lowest BCUT2D eigenvalue weighted by Gasteiger charge is -2.18. The number of carbonyl (C=O) groups excluding carboxylic acids is 2. The van der Waals surface area contributed by atoms with E-state index in [2.05, 4.69) is 4.98 Å². The smallest absolute Gasteiger partial charge is 0.316 e. The number of aromatic nitrogens is 1. The van der Waals surface area contributed by atoms with E-state index in [1.165, 1.54) is 4.90 Å². The fourth-order valence-corrected chi connectivity index (χ4v) is 3.23. The number of hydrogen-bond acceptors (Lipinski definition) is 7. The minimum absolute atomic E-state index is 0.0236. The first-order valence-corrected chi connectivity index (χ1v) is 10.0. The number of oxazole rings is 1. The summed E-state index contributed by atoms with van der Waals surface area (Å²) in [5.74, 6) is -0.730. The Morgan fingerprint density at radius 1 is 1.07 bits per heavy atom. The molecule has 1 aromatic heterocycles. The van der Waals surface area contributed by atoms with E-state index in [0.29, 0.717) is 17.4 Å². The number of para-hydroxylation sites is 2. The van der Waals surface area contributed by atoms with E-state index in [1.54, 1.807) is 7.05 Å². The Morgan fingerprint density at radius 2 is 1.79 bits per heavy atom. The van der Waals surface area contributed by atoms with Crippen LogP contribution in [0.5, 0.6) is 0 Å². The monoisotopic (exact) mass is 413 g/mol. The molecule has 0 saturated heterocycles. The van der Waals surface area contributed by atoms with Crippen molar-refractivity contribution in [3.05, 3.63) is 54.1 Å². The number of nitrogens with zero attached hydrogens (tertiary/aromatic N) is 3. The van der Waals surface area contributed by atoms with Crippen molar-refractivity contribution < 1.29 is 18.7 Å². The average molecular weight is 413 g/mol. The second-order valence-electron chi connectivity index (χ2n) is 6.71. The summed E-state index contributed by atoms with van der Waals surface area (Å²) in [4.78, 5) is 32.0. The predicted octanol–water partition coefficient (Wildman–Crippen LogP) is 3.19. The van der Waals surface area contributed by atoms with Crippen molar-refractivity contribution in [1.29, 1.82) is 0 Å². The van der Waals surface area contributed by atoms with Crippen molar-refractivity contribution in [3.63, 3.8) is 0 Å². The molecule has 2 aromatic carbocycles. The number of carbonyl (C=O) groups is 2. The molecule has 0 atom stereocenters. The van der Waals surface area contributed by atoms with E-state index in [0.717, 1.165) is 28.5 Å². The van der Waals surface area contributed by atoms with Crippen LogP contribution in [0, 0.1) is 0 Å². The summed E-state index contributed by atoms with van der Waals surface area (Å²) in [5.41, 5.74) is 3.50.